The molecule has 0 aliphatic rings. The zero-order chi connectivity index (χ0) is 26.6. The van der Waals surface area contributed by atoms with Crippen LogP contribution in [0.3, 0.4) is 0 Å². The van der Waals surface area contributed by atoms with Crippen LogP contribution in [0.4, 0.5) is 5.69 Å². The van der Waals surface area contributed by atoms with Crippen LogP contribution in [0.25, 0.3) is 28.1 Å². The molecule has 0 saturated carbocycles. The Morgan fingerprint density at radius 1 is 0.921 bits per heavy atom. The van der Waals surface area contributed by atoms with Gasteiger partial charge in [-0.1, -0.05) is 59.6 Å². The molecule has 6 nitrogen and oxygen atoms in total. The van der Waals surface area contributed by atoms with E-state index in [0.29, 0.717) is 16.5 Å². The number of primary amides is 1. The van der Waals surface area contributed by atoms with Gasteiger partial charge in [-0.15, -0.1) is 0 Å². The Labute approximate surface area is 230 Å². The summed E-state index contributed by atoms with van der Waals surface area (Å²) in [5.41, 5.74) is 11.5. The summed E-state index contributed by atoms with van der Waals surface area (Å²) in [7, 11) is 0. The Balaban J connectivity index is 1.48. The maximum absolute atomic E-state index is 11.1. The molecule has 0 spiro atoms. The SMILES string of the molecule is NC(=O)CNc1ccc(-n2cc(-c3ccc(Cl)cc3Cl)nc2Cc2ccc(-c3cccc(O)c3)cc2)cc1. The van der Waals surface area contributed by atoms with Crippen molar-refractivity contribution in [2.24, 2.45) is 5.73 Å². The van der Waals surface area contributed by atoms with Crippen molar-refractivity contribution in [3.8, 4) is 33.8 Å². The fraction of sp³-hybridized carbons (Fsp3) is 0.0667. The lowest BCUT2D eigenvalue weighted by Crippen LogP contribution is -2.21. The van der Waals surface area contributed by atoms with E-state index in [2.05, 4.69) is 17.4 Å². The van der Waals surface area contributed by atoms with Gasteiger partial charge in [-0.25, -0.2) is 4.98 Å². The Kier molecular flexibility index (Phi) is 7.36. The van der Waals surface area contributed by atoms with E-state index in [1.807, 2.05) is 65.4 Å². The lowest BCUT2D eigenvalue weighted by Gasteiger charge is -2.10. The average Bonchev–Trinajstić information content (AvgIpc) is 3.31. The topological polar surface area (TPSA) is 93.2 Å². The number of aromatic hydroxyl groups is 1. The molecule has 5 aromatic rings. The highest BCUT2D eigenvalue weighted by molar-refractivity contribution is 6.36. The standard InChI is InChI=1S/C30H24Cl2N4O2/c31-22-8-13-26(27(32)16-22)28-18-36(24-11-9-23(10-12-24)34-17-29(33)38)30(35-28)14-19-4-6-20(7-5-19)21-2-1-3-25(37)15-21/h1-13,15-16,18,34,37H,14,17H2,(H2,33,38). The molecule has 0 aliphatic heterocycles. The predicted molar refractivity (Wildman–Crippen MR) is 153 cm³/mol. The number of carbonyl (C=O) groups excluding carboxylic acids is 1. The van der Waals surface area contributed by atoms with Crippen LogP contribution in [-0.4, -0.2) is 27.1 Å². The minimum atomic E-state index is -0.425. The molecular weight excluding hydrogens is 519 g/mol. The van der Waals surface area contributed by atoms with E-state index in [4.69, 9.17) is 33.9 Å². The summed E-state index contributed by atoms with van der Waals surface area (Å²) in [5, 5.41) is 13.9. The van der Waals surface area contributed by atoms with Gasteiger partial charge in [-0.3, -0.25) is 4.79 Å². The Bertz CT molecular complexity index is 1600. The second kappa shape index (κ2) is 11.0. The maximum atomic E-state index is 11.1. The van der Waals surface area contributed by atoms with Crippen LogP contribution in [0.15, 0.2) is 97.2 Å². The summed E-state index contributed by atoms with van der Waals surface area (Å²) < 4.78 is 2.03. The number of nitrogens with one attached hydrogen (secondary N) is 1. The molecule has 0 bridgehead atoms. The largest absolute Gasteiger partial charge is 0.508 e. The van der Waals surface area contributed by atoms with E-state index < -0.39 is 5.91 Å². The first-order valence-corrected chi connectivity index (χ1v) is 12.7. The van der Waals surface area contributed by atoms with E-state index in [1.165, 1.54) is 0 Å². The molecule has 4 aromatic carbocycles. The van der Waals surface area contributed by atoms with Crippen LogP contribution < -0.4 is 11.1 Å². The zero-order valence-electron chi connectivity index (χ0n) is 20.2. The number of phenols is 1. The number of nitrogens with two attached hydrogens (primary N) is 1. The number of hydrogen-bond acceptors (Lipinski definition) is 4. The van der Waals surface area contributed by atoms with Crippen molar-refractivity contribution in [2.45, 2.75) is 6.42 Å². The van der Waals surface area contributed by atoms with Gasteiger partial charge in [-0.2, -0.15) is 0 Å². The number of hydrogen-bond donors (Lipinski definition) is 3. The molecule has 190 valence electrons. The third kappa shape index (κ3) is 5.83. The minimum absolute atomic E-state index is 0.0630. The highest BCUT2D eigenvalue weighted by atomic mass is 35.5. The molecule has 1 amide bonds. The summed E-state index contributed by atoms with van der Waals surface area (Å²) in [5.74, 6) is 0.636. The molecule has 0 unspecified atom stereocenters. The third-order valence-electron chi connectivity index (χ3n) is 6.09. The third-order valence-corrected chi connectivity index (χ3v) is 6.64. The molecule has 8 heteroatoms. The van der Waals surface area contributed by atoms with E-state index in [9.17, 15) is 9.90 Å². The lowest BCUT2D eigenvalue weighted by atomic mass is 10.0. The van der Waals surface area contributed by atoms with Crippen LogP contribution in [-0.2, 0) is 11.2 Å². The Morgan fingerprint density at radius 2 is 1.68 bits per heavy atom. The highest BCUT2D eigenvalue weighted by Gasteiger charge is 2.15. The minimum Gasteiger partial charge on any atom is -0.508 e. The molecule has 1 heterocycles. The maximum Gasteiger partial charge on any atom is 0.236 e. The lowest BCUT2D eigenvalue weighted by molar-refractivity contribution is -0.116. The zero-order valence-corrected chi connectivity index (χ0v) is 21.7. The van der Waals surface area contributed by atoms with Gasteiger partial charge < -0.3 is 20.7 Å². The van der Waals surface area contributed by atoms with Crippen LogP contribution >= 0.6 is 23.2 Å². The molecule has 0 aliphatic carbocycles. The Hall–Kier alpha value is -4.26. The smallest absolute Gasteiger partial charge is 0.236 e. The van der Waals surface area contributed by atoms with Crippen molar-refractivity contribution in [1.29, 1.82) is 0 Å². The number of rotatable bonds is 8. The monoisotopic (exact) mass is 542 g/mol. The summed E-state index contributed by atoms with van der Waals surface area (Å²) in [6, 6.07) is 28.4. The van der Waals surface area contributed by atoms with Crippen LogP contribution in [0.5, 0.6) is 5.75 Å². The molecule has 0 radical (unpaired) electrons. The quantitative estimate of drug-likeness (QED) is 0.203. The predicted octanol–water partition coefficient (Wildman–Crippen LogP) is 6.71. The van der Waals surface area contributed by atoms with Crippen molar-refractivity contribution >= 4 is 34.8 Å². The van der Waals surface area contributed by atoms with E-state index >= 15 is 0 Å². The molecule has 4 N–H and O–H groups in total. The summed E-state index contributed by atoms with van der Waals surface area (Å²) in [6.07, 6.45) is 2.53. The molecule has 5 rings (SSSR count). The number of imidazole rings is 1. The first kappa shape index (κ1) is 25.4. The molecular formula is C30H24Cl2N4O2. The summed E-state index contributed by atoms with van der Waals surface area (Å²) in [6.45, 7) is 0.0630. The van der Waals surface area contributed by atoms with Gasteiger partial charge in [0.05, 0.1) is 17.3 Å². The fourth-order valence-electron chi connectivity index (χ4n) is 4.21. The first-order valence-electron chi connectivity index (χ1n) is 11.9. The van der Waals surface area contributed by atoms with E-state index in [-0.39, 0.29) is 12.3 Å². The van der Waals surface area contributed by atoms with Crippen LogP contribution in [0.1, 0.15) is 11.4 Å². The number of carbonyl (C=O) groups is 1. The van der Waals surface area contributed by atoms with Gasteiger partial charge in [0.1, 0.15) is 11.6 Å². The van der Waals surface area contributed by atoms with E-state index in [1.54, 1.807) is 24.3 Å². The first-order chi connectivity index (χ1) is 18.4. The van der Waals surface area contributed by atoms with E-state index in [0.717, 1.165) is 45.1 Å². The summed E-state index contributed by atoms with van der Waals surface area (Å²) >= 11 is 12.6. The molecule has 38 heavy (non-hydrogen) atoms. The molecule has 0 saturated heterocycles. The number of phenolic OH excluding ortho intramolecular Hbond substituents is 1. The number of halogens is 2. The van der Waals surface area contributed by atoms with Crippen molar-refractivity contribution in [3.05, 3.63) is 119 Å². The van der Waals surface area contributed by atoms with Gasteiger partial charge in [-0.05, 0) is 71.3 Å². The molecule has 0 fully saturated rings. The number of benzene rings is 4. The number of aromatic nitrogens is 2. The normalized spacial score (nSPS) is 10.9. The van der Waals surface area contributed by atoms with Gasteiger partial charge in [0.2, 0.25) is 5.91 Å². The van der Waals surface area contributed by atoms with Crippen LogP contribution in [0, 0.1) is 0 Å². The van der Waals surface area contributed by atoms with Crippen molar-refractivity contribution in [3.63, 3.8) is 0 Å². The number of amides is 1. The van der Waals surface area contributed by atoms with Crippen molar-refractivity contribution in [2.75, 3.05) is 11.9 Å². The average molecular weight is 543 g/mol. The number of nitrogens with zero attached hydrogens (tertiary/aromatic N) is 2. The second-order valence-electron chi connectivity index (χ2n) is 8.83. The van der Waals surface area contributed by atoms with Gasteiger partial charge in [0, 0.05) is 34.6 Å². The van der Waals surface area contributed by atoms with Crippen molar-refractivity contribution in [1.82, 2.24) is 9.55 Å². The van der Waals surface area contributed by atoms with Crippen molar-refractivity contribution < 1.29 is 9.90 Å². The second-order valence-corrected chi connectivity index (χ2v) is 9.67. The van der Waals surface area contributed by atoms with Gasteiger partial charge in [0.15, 0.2) is 0 Å². The molecule has 1 aromatic heterocycles. The Morgan fingerprint density at radius 3 is 2.37 bits per heavy atom. The van der Waals surface area contributed by atoms with Gasteiger partial charge >= 0.3 is 0 Å². The van der Waals surface area contributed by atoms with Crippen LogP contribution in [0.2, 0.25) is 10.0 Å². The molecule has 0 atom stereocenters. The summed E-state index contributed by atoms with van der Waals surface area (Å²) in [4.78, 5) is 16.0. The van der Waals surface area contributed by atoms with Gasteiger partial charge in [0.25, 0.3) is 0 Å². The fourth-order valence-corrected chi connectivity index (χ4v) is 4.71. The number of anilines is 1. The highest BCUT2D eigenvalue weighted by Crippen LogP contribution is 2.32.